The second-order valence-corrected chi connectivity index (χ2v) is 4.89. The molecule has 2 rings (SSSR count). The van der Waals surface area contributed by atoms with Gasteiger partial charge in [0.25, 0.3) is 0 Å². The van der Waals surface area contributed by atoms with Crippen LogP contribution < -0.4 is 20.5 Å². The first-order chi connectivity index (χ1) is 11.8. The van der Waals surface area contributed by atoms with Gasteiger partial charge in [-0.25, -0.2) is 4.99 Å². The van der Waals surface area contributed by atoms with Gasteiger partial charge in [0.15, 0.2) is 5.96 Å². The van der Waals surface area contributed by atoms with Crippen LogP contribution in [-0.4, -0.2) is 24.5 Å². The van der Waals surface area contributed by atoms with Crippen molar-refractivity contribution in [3.05, 3.63) is 48.0 Å². The number of anilines is 1. The van der Waals surface area contributed by atoms with E-state index in [2.05, 4.69) is 15.0 Å². The molecule has 6 nitrogen and oxygen atoms in total. The molecule has 9 heteroatoms. The summed E-state index contributed by atoms with van der Waals surface area (Å²) in [4.78, 5) is 4.06. The first kappa shape index (κ1) is 18.2. The van der Waals surface area contributed by atoms with E-state index in [1.54, 1.807) is 12.1 Å². The van der Waals surface area contributed by atoms with Crippen molar-refractivity contribution < 1.29 is 27.8 Å². The van der Waals surface area contributed by atoms with E-state index in [0.29, 0.717) is 17.0 Å². The average Bonchev–Trinajstić information content (AvgIpc) is 2.54. The van der Waals surface area contributed by atoms with Crippen LogP contribution in [0.25, 0.3) is 0 Å². The maximum atomic E-state index is 12.1. The van der Waals surface area contributed by atoms with E-state index in [-0.39, 0.29) is 24.0 Å². The molecule has 0 fully saturated rings. The van der Waals surface area contributed by atoms with Crippen molar-refractivity contribution in [1.29, 1.82) is 0 Å². The third-order valence-corrected chi connectivity index (χ3v) is 3.07. The molecule has 2 aromatic rings. The van der Waals surface area contributed by atoms with Crippen molar-refractivity contribution >= 4 is 11.6 Å². The first-order valence-corrected chi connectivity index (χ1v) is 7.05. The summed E-state index contributed by atoms with van der Waals surface area (Å²) in [5.41, 5.74) is 6.68. The monoisotopic (exact) mass is 355 g/mol. The van der Waals surface area contributed by atoms with Crippen molar-refractivity contribution in [1.82, 2.24) is 0 Å². The Hall–Kier alpha value is -3.10. The Morgan fingerprint density at radius 3 is 2.40 bits per heavy atom. The van der Waals surface area contributed by atoms with E-state index in [1.807, 2.05) is 0 Å². The van der Waals surface area contributed by atoms with E-state index in [4.69, 9.17) is 10.5 Å². The molecule has 0 radical (unpaired) electrons. The molecule has 0 heterocycles. The van der Waals surface area contributed by atoms with E-state index >= 15 is 0 Å². The van der Waals surface area contributed by atoms with Gasteiger partial charge in [-0.05, 0) is 42.5 Å². The zero-order valence-electron chi connectivity index (χ0n) is 13.2. The predicted octanol–water partition coefficient (Wildman–Crippen LogP) is 3.23. The van der Waals surface area contributed by atoms with Crippen molar-refractivity contribution in [3.63, 3.8) is 0 Å². The number of benzene rings is 2. The molecule has 0 aliphatic heterocycles. The van der Waals surface area contributed by atoms with Crippen LogP contribution in [0.15, 0.2) is 47.5 Å². The highest BCUT2D eigenvalue weighted by molar-refractivity contribution is 5.92. The topological polar surface area (TPSA) is 89.1 Å². The van der Waals surface area contributed by atoms with Crippen LogP contribution >= 0.6 is 0 Å². The van der Waals surface area contributed by atoms with Crippen LogP contribution in [-0.2, 0) is 6.54 Å². The highest BCUT2D eigenvalue weighted by Gasteiger charge is 2.30. The summed E-state index contributed by atoms with van der Waals surface area (Å²) < 4.78 is 45.1. The molecular formula is C16H16F3N3O3. The molecule has 0 aliphatic carbocycles. The quantitative estimate of drug-likeness (QED) is 0.566. The van der Waals surface area contributed by atoms with Crippen molar-refractivity contribution in [2.24, 2.45) is 10.7 Å². The molecule has 134 valence electrons. The smallest absolute Gasteiger partial charge is 0.508 e. The summed E-state index contributed by atoms with van der Waals surface area (Å²) in [5, 5.41) is 12.5. The predicted molar refractivity (Wildman–Crippen MR) is 86.7 cm³/mol. The van der Waals surface area contributed by atoms with Gasteiger partial charge in [-0.2, -0.15) is 0 Å². The number of halogens is 3. The number of aromatic hydroxyl groups is 1. The highest BCUT2D eigenvalue weighted by atomic mass is 19.4. The lowest BCUT2D eigenvalue weighted by atomic mass is 10.2. The molecule has 4 N–H and O–H groups in total. The normalized spacial score (nSPS) is 11.9. The minimum atomic E-state index is -4.74. The van der Waals surface area contributed by atoms with Gasteiger partial charge in [-0.15, -0.1) is 13.2 Å². The molecule has 0 bridgehead atoms. The molecule has 2 aromatic carbocycles. The molecule has 0 aliphatic rings. The molecule has 0 saturated carbocycles. The average molecular weight is 355 g/mol. The van der Waals surface area contributed by atoms with Gasteiger partial charge >= 0.3 is 6.36 Å². The Morgan fingerprint density at radius 1 is 1.16 bits per heavy atom. The number of phenols is 1. The fraction of sp³-hybridized carbons (Fsp3) is 0.188. The number of nitrogens with one attached hydrogen (secondary N) is 1. The van der Waals surface area contributed by atoms with Crippen LogP contribution in [0.1, 0.15) is 5.56 Å². The fourth-order valence-corrected chi connectivity index (χ4v) is 1.91. The maximum Gasteiger partial charge on any atom is 0.573 e. The van der Waals surface area contributed by atoms with E-state index in [1.165, 1.54) is 25.3 Å². The summed E-state index contributed by atoms with van der Waals surface area (Å²) in [6.45, 7) is 0.0944. The number of hydrogen-bond acceptors (Lipinski definition) is 4. The summed E-state index contributed by atoms with van der Waals surface area (Å²) >= 11 is 0. The molecule has 0 amide bonds. The number of guanidine groups is 1. The second kappa shape index (κ2) is 7.65. The van der Waals surface area contributed by atoms with E-state index in [9.17, 15) is 18.3 Å². The molecule has 25 heavy (non-hydrogen) atoms. The largest absolute Gasteiger partial charge is 0.573 e. The Labute approximate surface area is 141 Å². The van der Waals surface area contributed by atoms with E-state index in [0.717, 1.165) is 12.1 Å². The van der Waals surface area contributed by atoms with E-state index < -0.39 is 6.36 Å². The number of rotatable bonds is 5. The number of phenolic OH excluding ortho intramolecular Hbond substituents is 1. The van der Waals surface area contributed by atoms with Gasteiger partial charge < -0.3 is 25.6 Å². The third kappa shape index (κ3) is 5.79. The summed E-state index contributed by atoms with van der Waals surface area (Å²) in [6.07, 6.45) is -4.74. The first-order valence-electron chi connectivity index (χ1n) is 7.05. The molecular weight excluding hydrogens is 339 g/mol. The SMILES string of the molecule is COc1ccc(O)c(CN=C(N)Nc2ccc(OC(F)(F)F)cc2)c1. The third-order valence-electron chi connectivity index (χ3n) is 3.07. The minimum Gasteiger partial charge on any atom is -0.508 e. The molecule has 0 atom stereocenters. The molecule has 0 aromatic heterocycles. The van der Waals surface area contributed by atoms with Crippen molar-refractivity contribution in [2.75, 3.05) is 12.4 Å². The van der Waals surface area contributed by atoms with Gasteiger partial charge in [0, 0.05) is 11.3 Å². The maximum absolute atomic E-state index is 12.1. The lowest BCUT2D eigenvalue weighted by Crippen LogP contribution is -2.22. The van der Waals surface area contributed by atoms with Crippen LogP contribution in [0.5, 0.6) is 17.2 Å². The number of nitrogens with zero attached hydrogens (tertiary/aromatic N) is 1. The lowest BCUT2D eigenvalue weighted by Gasteiger charge is -2.10. The van der Waals surface area contributed by atoms with Gasteiger partial charge in [0.05, 0.1) is 13.7 Å². The highest BCUT2D eigenvalue weighted by Crippen LogP contribution is 2.25. The number of ether oxygens (including phenoxy) is 2. The van der Waals surface area contributed by atoms with Crippen LogP contribution in [0.2, 0.25) is 0 Å². The number of alkyl halides is 3. The standard InChI is InChI=1S/C16H16F3N3O3/c1-24-13-6-7-14(23)10(8-13)9-21-15(20)22-11-2-4-12(5-3-11)25-16(17,18)19/h2-8,23H,9H2,1H3,(H3,20,21,22). The fourth-order valence-electron chi connectivity index (χ4n) is 1.91. The van der Waals surface area contributed by atoms with Gasteiger partial charge in [-0.1, -0.05) is 0 Å². The second-order valence-electron chi connectivity index (χ2n) is 4.89. The minimum absolute atomic E-state index is 0.0340. The van der Waals surface area contributed by atoms with Crippen LogP contribution in [0.4, 0.5) is 18.9 Å². The summed E-state index contributed by atoms with van der Waals surface area (Å²) in [6, 6.07) is 9.74. The van der Waals surface area contributed by atoms with Crippen molar-refractivity contribution in [2.45, 2.75) is 12.9 Å². The summed E-state index contributed by atoms with van der Waals surface area (Å²) in [7, 11) is 1.50. The number of methoxy groups -OCH3 is 1. The summed E-state index contributed by atoms with van der Waals surface area (Å²) in [5.74, 6) is 0.308. The Bertz CT molecular complexity index is 747. The van der Waals surface area contributed by atoms with Gasteiger partial charge in [0.1, 0.15) is 17.2 Å². The number of hydrogen-bond donors (Lipinski definition) is 3. The van der Waals surface area contributed by atoms with Gasteiger partial charge in [0.2, 0.25) is 0 Å². The zero-order chi connectivity index (χ0) is 18.4. The van der Waals surface area contributed by atoms with Crippen molar-refractivity contribution in [3.8, 4) is 17.2 Å². The number of aliphatic imine (C=N–C) groups is 1. The molecule has 0 spiro atoms. The molecule has 0 unspecified atom stereocenters. The number of nitrogens with two attached hydrogens (primary N) is 1. The lowest BCUT2D eigenvalue weighted by molar-refractivity contribution is -0.274. The van der Waals surface area contributed by atoms with Crippen LogP contribution in [0.3, 0.4) is 0 Å². The Kier molecular flexibility index (Phi) is 5.58. The Morgan fingerprint density at radius 2 is 1.80 bits per heavy atom. The zero-order valence-corrected chi connectivity index (χ0v) is 13.2. The molecule has 0 saturated heterocycles. The van der Waals surface area contributed by atoms with Gasteiger partial charge in [-0.3, -0.25) is 0 Å². The van der Waals surface area contributed by atoms with Crippen LogP contribution in [0, 0.1) is 0 Å². The Balaban J connectivity index is 1.99.